The van der Waals surface area contributed by atoms with Gasteiger partial charge >= 0.3 is 0 Å². The molecule has 7 nitrogen and oxygen atoms in total. The lowest BCUT2D eigenvalue weighted by molar-refractivity contribution is -0.174. The largest absolute Gasteiger partial charge is 0.504 e. The molecule has 4 saturated carbocycles. The molecule has 0 saturated heterocycles. The van der Waals surface area contributed by atoms with E-state index < -0.39 is 0 Å². The highest BCUT2D eigenvalue weighted by Crippen LogP contribution is 2.68. The van der Waals surface area contributed by atoms with Crippen LogP contribution in [0.2, 0.25) is 0 Å². The van der Waals surface area contributed by atoms with Gasteiger partial charge in [-0.2, -0.15) is 5.10 Å². The number of aliphatic hydroxyl groups excluding tert-OH is 2. The van der Waals surface area contributed by atoms with Crippen molar-refractivity contribution in [1.29, 1.82) is 0 Å². The van der Waals surface area contributed by atoms with Crippen molar-refractivity contribution in [2.45, 2.75) is 97.2 Å². The number of hydrazone groups is 1. The van der Waals surface area contributed by atoms with Crippen LogP contribution in [0.1, 0.15) is 90.5 Å². The maximum atomic E-state index is 12.6. The van der Waals surface area contributed by atoms with Gasteiger partial charge in [0.05, 0.1) is 25.5 Å². The molecule has 10 atom stereocenters. The van der Waals surface area contributed by atoms with Crippen LogP contribution in [-0.4, -0.2) is 46.8 Å². The Labute approximate surface area is 233 Å². The maximum absolute atomic E-state index is 12.6. The van der Waals surface area contributed by atoms with E-state index in [0.717, 1.165) is 37.7 Å². The van der Waals surface area contributed by atoms with Crippen molar-refractivity contribution in [2.75, 3.05) is 7.11 Å². The molecule has 5 rings (SSSR count). The van der Waals surface area contributed by atoms with Crippen LogP contribution in [0, 0.1) is 46.3 Å². The van der Waals surface area contributed by atoms with E-state index in [1.165, 1.54) is 38.9 Å². The molecule has 4 fully saturated rings. The van der Waals surface area contributed by atoms with Crippen molar-refractivity contribution >= 4 is 12.1 Å². The van der Waals surface area contributed by atoms with Crippen LogP contribution in [0.3, 0.4) is 0 Å². The molecule has 1 aromatic rings. The Bertz CT molecular complexity index is 1080. The van der Waals surface area contributed by atoms with Crippen LogP contribution in [0.4, 0.5) is 0 Å². The number of fused-ring (bicyclic) bond motifs is 5. The molecule has 0 spiro atoms. The number of nitrogens with zero attached hydrogens (tertiary/aromatic N) is 1. The maximum Gasteiger partial charge on any atom is 0.240 e. The number of nitrogens with one attached hydrogen (secondary N) is 1. The Hall–Kier alpha value is -2.12. The average molecular weight is 541 g/mol. The quantitative estimate of drug-likeness (QED) is 0.279. The summed E-state index contributed by atoms with van der Waals surface area (Å²) in [6.07, 6.45) is 10.8. The first-order valence-electron chi connectivity index (χ1n) is 15.1. The Morgan fingerprint density at radius 3 is 2.64 bits per heavy atom. The fourth-order valence-electron chi connectivity index (χ4n) is 9.74. The molecule has 0 aromatic heterocycles. The number of amides is 1. The van der Waals surface area contributed by atoms with E-state index in [0.29, 0.717) is 47.7 Å². The van der Waals surface area contributed by atoms with E-state index in [-0.39, 0.29) is 34.7 Å². The van der Waals surface area contributed by atoms with Gasteiger partial charge in [0.25, 0.3) is 0 Å². The summed E-state index contributed by atoms with van der Waals surface area (Å²) >= 11 is 0. The number of phenols is 1. The molecule has 7 heteroatoms. The predicted molar refractivity (Wildman–Crippen MR) is 151 cm³/mol. The highest BCUT2D eigenvalue weighted by Gasteiger charge is 2.62. The van der Waals surface area contributed by atoms with Gasteiger partial charge in [-0.1, -0.05) is 20.8 Å². The van der Waals surface area contributed by atoms with Crippen molar-refractivity contribution in [2.24, 2.45) is 51.4 Å². The highest BCUT2D eigenvalue weighted by molar-refractivity contribution is 5.83. The summed E-state index contributed by atoms with van der Waals surface area (Å²) in [5.41, 5.74) is 3.84. The second-order valence-electron chi connectivity index (χ2n) is 13.7. The number of carbonyl (C=O) groups excluding carboxylic acids is 1. The number of hydrogen-bond acceptors (Lipinski definition) is 6. The minimum atomic E-state index is -0.255. The predicted octanol–water partition coefficient (Wildman–Crippen LogP) is 5.26. The summed E-state index contributed by atoms with van der Waals surface area (Å²) in [5, 5.41) is 35.6. The standard InChI is InChI=1S/C32H48N2O5/c1-19(5-10-29(38)34-33-18-20-6-9-26(36)28(15-20)39-4)23-7-8-24-30-25(12-14-32(23,24)3)31(2)13-11-22(35)16-21(31)17-27(30)37/h6,9,15,18-19,21-25,27,30,35-37H,5,7-8,10-14,16-17H2,1-4H3,(H,34,38)/b33-18-/t19-,21-,22+,23+,24-,25-,27-,30-,31+,32-/m1/s1. The lowest BCUT2D eigenvalue weighted by Crippen LogP contribution is -2.58. The van der Waals surface area contributed by atoms with Gasteiger partial charge in [-0.3, -0.25) is 4.79 Å². The number of aromatic hydroxyl groups is 1. The molecular weight excluding hydrogens is 492 g/mol. The molecule has 0 heterocycles. The van der Waals surface area contributed by atoms with Gasteiger partial charge in [0.2, 0.25) is 5.91 Å². The zero-order valence-corrected chi connectivity index (χ0v) is 24.1. The normalized spacial score (nSPS) is 40.4. The lowest BCUT2D eigenvalue weighted by atomic mass is 9.43. The monoisotopic (exact) mass is 540 g/mol. The van der Waals surface area contributed by atoms with Gasteiger partial charge in [-0.25, -0.2) is 5.43 Å². The van der Waals surface area contributed by atoms with E-state index in [9.17, 15) is 20.1 Å². The third-order valence-corrected chi connectivity index (χ3v) is 11.8. The Morgan fingerprint density at radius 1 is 1.13 bits per heavy atom. The lowest BCUT2D eigenvalue weighted by Gasteiger charge is -2.62. The first-order chi connectivity index (χ1) is 18.6. The van der Waals surface area contributed by atoms with E-state index in [1.54, 1.807) is 18.3 Å². The molecule has 216 valence electrons. The van der Waals surface area contributed by atoms with E-state index >= 15 is 0 Å². The van der Waals surface area contributed by atoms with Crippen molar-refractivity contribution in [3.63, 3.8) is 0 Å². The third kappa shape index (κ3) is 5.21. The van der Waals surface area contributed by atoms with Crippen LogP contribution in [-0.2, 0) is 4.79 Å². The smallest absolute Gasteiger partial charge is 0.240 e. The van der Waals surface area contributed by atoms with E-state index in [2.05, 4.69) is 31.3 Å². The van der Waals surface area contributed by atoms with Crippen molar-refractivity contribution < 1.29 is 24.9 Å². The van der Waals surface area contributed by atoms with Crippen LogP contribution in [0.25, 0.3) is 0 Å². The van der Waals surface area contributed by atoms with Gasteiger partial charge < -0.3 is 20.1 Å². The third-order valence-electron chi connectivity index (χ3n) is 11.8. The molecule has 4 aliphatic carbocycles. The zero-order valence-electron chi connectivity index (χ0n) is 24.1. The second kappa shape index (κ2) is 11.0. The summed E-state index contributed by atoms with van der Waals surface area (Å²) in [4.78, 5) is 12.6. The first-order valence-corrected chi connectivity index (χ1v) is 15.1. The minimum Gasteiger partial charge on any atom is -0.504 e. The van der Waals surface area contributed by atoms with Gasteiger partial charge in [0, 0.05) is 6.42 Å². The highest BCUT2D eigenvalue weighted by atomic mass is 16.5. The molecule has 1 amide bonds. The zero-order chi connectivity index (χ0) is 27.9. The Morgan fingerprint density at radius 2 is 1.87 bits per heavy atom. The summed E-state index contributed by atoms with van der Waals surface area (Å²) < 4.78 is 5.12. The molecule has 0 aliphatic heterocycles. The number of benzene rings is 1. The summed E-state index contributed by atoms with van der Waals surface area (Å²) in [6, 6.07) is 4.92. The van der Waals surface area contributed by atoms with Gasteiger partial charge in [0.1, 0.15) is 0 Å². The molecule has 4 aliphatic rings. The molecule has 39 heavy (non-hydrogen) atoms. The molecule has 0 radical (unpaired) electrons. The molecule has 0 bridgehead atoms. The summed E-state index contributed by atoms with van der Waals surface area (Å²) in [7, 11) is 1.49. The second-order valence-corrected chi connectivity index (χ2v) is 13.7. The Kier molecular flexibility index (Phi) is 8.04. The van der Waals surface area contributed by atoms with E-state index in [1.807, 2.05) is 0 Å². The van der Waals surface area contributed by atoms with E-state index in [4.69, 9.17) is 4.74 Å². The van der Waals surface area contributed by atoms with Crippen molar-refractivity contribution in [3.05, 3.63) is 23.8 Å². The number of carbonyl (C=O) groups is 1. The number of aliphatic hydroxyl groups is 2. The topological polar surface area (TPSA) is 111 Å². The Balaban J connectivity index is 1.18. The summed E-state index contributed by atoms with van der Waals surface area (Å²) in [5.74, 6) is 3.25. The minimum absolute atomic E-state index is 0.0641. The van der Waals surface area contributed by atoms with Crippen LogP contribution >= 0.6 is 0 Å². The fraction of sp³-hybridized carbons (Fsp3) is 0.750. The van der Waals surface area contributed by atoms with Gasteiger partial charge in [0.15, 0.2) is 11.5 Å². The number of hydrogen-bond donors (Lipinski definition) is 4. The number of ether oxygens (including phenoxy) is 1. The molecule has 1 aromatic carbocycles. The molecular formula is C32H48N2O5. The number of phenolic OH excluding ortho intramolecular Hbond substituents is 1. The molecule has 0 unspecified atom stereocenters. The SMILES string of the molecule is COc1cc(/C=N\NC(=O)CC[C@@H](C)[C@@H]2CC[C@@H]3[C@H]4[C@H](O)C[C@H]5C[C@@H](O)CC[C@]5(C)[C@@H]4CC[C@@]32C)ccc1O. The van der Waals surface area contributed by atoms with Crippen molar-refractivity contribution in [3.8, 4) is 11.5 Å². The average Bonchev–Trinajstić information content (AvgIpc) is 3.26. The van der Waals surface area contributed by atoms with Crippen molar-refractivity contribution in [1.82, 2.24) is 5.43 Å². The van der Waals surface area contributed by atoms with Crippen LogP contribution < -0.4 is 10.2 Å². The number of rotatable bonds is 7. The number of methoxy groups -OCH3 is 1. The first kappa shape index (κ1) is 28.4. The molecule has 4 N–H and O–H groups in total. The van der Waals surface area contributed by atoms with Crippen LogP contribution in [0.15, 0.2) is 23.3 Å². The summed E-state index contributed by atoms with van der Waals surface area (Å²) in [6.45, 7) is 7.25. The van der Waals surface area contributed by atoms with Gasteiger partial charge in [-0.05, 0) is 128 Å². The fourth-order valence-corrected chi connectivity index (χ4v) is 9.74. The van der Waals surface area contributed by atoms with Crippen LogP contribution in [0.5, 0.6) is 11.5 Å². The van der Waals surface area contributed by atoms with Gasteiger partial charge in [-0.15, -0.1) is 0 Å².